The van der Waals surface area contributed by atoms with Crippen molar-refractivity contribution in [3.63, 3.8) is 0 Å². The number of alkyl halides is 2. The number of nitrogens with zero attached hydrogens (tertiary/aromatic N) is 4. The maximum absolute atomic E-state index is 13.1. The fourth-order valence-electron chi connectivity index (χ4n) is 4.85. The fraction of sp³-hybridized carbons (Fsp3) is 0.682. The minimum absolute atomic E-state index is 0.102. The summed E-state index contributed by atoms with van der Waals surface area (Å²) >= 11 is 0. The van der Waals surface area contributed by atoms with E-state index in [0.717, 1.165) is 13.3 Å². The lowest BCUT2D eigenvalue weighted by molar-refractivity contribution is 0.0186. The minimum atomic E-state index is -3.74. The zero-order valence-electron chi connectivity index (χ0n) is 19.4. The van der Waals surface area contributed by atoms with Gasteiger partial charge in [0.15, 0.2) is 0 Å². The van der Waals surface area contributed by atoms with Crippen molar-refractivity contribution in [1.82, 2.24) is 18.8 Å². The minimum Gasteiger partial charge on any atom is -0.388 e. The van der Waals surface area contributed by atoms with Crippen molar-refractivity contribution in [3.8, 4) is 0 Å². The Hall–Kier alpha value is -2.18. The average molecular weight is 500 g/mol. The molecule has 2 aliphatic rings. The normalized spacial score (nSPS) is 25.1. The molecule has 0 amide bonds. The van der Waals surface area contributed by atoms with Gasteiger partial charge in [-0.15, -0.1) is 0 Å². The van der Waals surface area contributed by atoms with Gasteiger partial charge in [-0.05, 0) is 52.0 Å². The molecule has 1 saturated carbocycles. The molecule has 2 fully saturated rings. The van der Waals surface area contributed by atoms with Gasteiger partial charge in [-0.2, -0.15) is 4.98 Å². The Bertz CT molecular complexity index is 1200. The molecule has 3 heterocycles. The van der Waals surface area contributed by atoms with Gasteiger partial charge in [-0.1, -0.05) is 0 Å². The van der Waals surface area contributed by atoms with Gasteiger partial charge in [-0.3, -0.25) is 9.36 Å². The Balaban J connectivity index is 1.48. The second kappa shape index (κ2) is 9.12. The van der Waals surface area contributed by atoms with E-state index < -0.39 is 33.7 Å². The third-order valence-electron chi connectivity index (χ3n) is 6.84. The van der Waals surface area contributed by atoms with Crippen LogP contribution in [0.3, 0.4) is 0 Å². The molecule has 2 atom stereocenters. The highest BCUT2D eigenvalue weighted by atomic mass is 32.2. The first-order valence-corrected chi connectivity index (χ1v) is 13.2. The largest absolute Gasteiger partial charge is 0.388 e. The van der Waals surface area contributed by atoms with E-state index in [1.54, 1.807) is 23.8 Å². The second-order valence-corrected chi connectivity index (χ2v) is 11.8. The molecule has 2 aromatic rings. The van der Waals surface area contributed by atoms with Crippen molar-refractivity contribution >= 4 is 27.0 Å². The molecule has 2 N–H and O–H groups in total. The predicted molar refractivity (Wildman–Crippen MR) is 125 cm³/mol. The van der Waals surface area contributed by atoms with E-state index >= 15 is 0 Å². The van der Waals surface area contributed by atoms with Crippen molar-refractivity contribution in [3.05, 3.63) is 28.7 Å². The van der Waals surface area contributed by atoms with Crippen molar-refractivity contribution < 1.29 is 22.3 Å². The van der Waals surface area contributed by atoms with Gasteiger partial charge in [0, 0.05) is 43.2 Å². The summed E-state index contributed by atoms with van der Waals surface area (Å²) in [5.74, 6) is -3.28. The van der Waals surface area contributed by atoms with Crippen LogP contribution in [-0.2, 0) is 10.0 Å². The number of piperidine rings is 1. The molecular weight excluding hydrogens is 468 g/mol. The number of pyridine rings is 1. The highest BCUT2D eigenvalue weighted by molar-refractivity contribution is 7.89. The number of aliphatic hydroxyl groups is 1. The first kappa shape index (κ1) is 24.9. The molecule has 34 heavy (non-hydrogen) atoms. The summed E-state index contributed by atoms with van der Waals surface area (Å²) in [4.78, 5) is 21.6. The van der Waals surface area contributed by atoms with E-state index in [9.17, 15) is 27.1 Å². The Morgan fingerprint density at radius 1 is 1.26 bits per heavy atom. The zero-order valence-corrected chi connectivity index (χ0v) is 20.2. The van der Waals surface area contributed by atoms with Crippen LogP contribution in [-0.4, -0.2) is 68.8 Å². The van der Waals surface area contributed by atoms with Gasteiger partial charge >= 0.3 is 0 Å². The van der Waals surface area contributed by atoms with Gasteiger partial charge in [0.1, 0.15) is 5.65 Å². The van der Waals surface area contributed by atoms with E-state index in [4.69, 9.17) is 0 Å². The van der Waals surface area contributed by atoms with Gasteiger partial charge in [0.05, 0.1) is 17.4 Å². The van der Waals surface area contributed by atoms with Crippen molar-refractivity contribution in [2.45, 2.75) is 76.0 Å². The number of rotatable bonds is 7. The fourth-order valence-corrected chi connectivity index (χ4v) is 6.49. The average Bonchev–Trinajstić information content (AvgIpc) is 3.11. The summed E-state index contributed by atoms with van der Waals surface area (Å²) < 4.78 is 53.8. The number of anilines is 1. The molecule has 0 radical (unpaired) electrons. The van der Waals surface area contributed by atoms with Crippen LogP contribution in [0.15, 0.2) is 23.1 Å². The van der Waals surface area contributed by atoms with Crippen LogP contribution < -0.4 is 10.9 Å². The Morgan fingerprint density at radius 2 is 1.97 bits per heavy atom. The summed E-state index contributed by atoms with van der Waals surface area (Å²) in [6, 6.07) is 2.63. The summed E-state index contributed by atoms with van der Waals surface area (Å²) in [6.07, 6.45) is 3.96. The van der Waals surface area contributed by atoms with Crippen LogP contribution >= 0.6 is 0 Å². The zero-order chi connectivity index (χ0) is 24.7. The number of fused-ring (bicyclic) bond motifs is 1. The lowest BCUT2D eigenvalue weighted by Gasteiger charge is -2.32. The van der Waals surface area contributed by atoms with Gasteiger partial charge in [-0.25, -0.2) is 26.5 Å². The number of aromatic nitrogens is 3. The number of hydrogen-bond acceptors (Lipinski definition) is 7. The van der Waals surface area contributed by atoms with E-state index in [1.165, 1.54) is 10.4 Å². The first-order valence-electron chi connectivity index (χ1n) is 11.6. The Labute approximate surface area is 197 Å². The third kappa shape index (κ3) is 5.38. The Kier molecular flexibility index (Phi) is 6.69. The summed E-state index contributed by atoms with van der Waals surface area (Å²) in [5, 5.41) is 14.7. The SMILES string of the molecule is CC(F)(F)CCS(=O)(=O)N1CCC(Nc2ncc3ccc(=O)n([C@@H]4CCC[C@@]4(C)O)c3n2)CC1. The highest BCUT2D eigenvalue weighted by Crippen LogP contribution is 2.39. The maximum Gasteiger partial charge on any atom is 0.252 e. The molecule has 0 bridgehead atoms. The molecule has 4 rings (SSSR count). The second-order valence-electron chi connectivity index (χ2n) is 9.73. The van der Waals surface area contributed by atoms with E-state index in [0.29, 0.717) is 42.7 Å². The van der Waals surface area contributed by atoms with E-state index in [1.807, 2.05) is 0 Å². The highest BCUT2D eigenvalue weighted by Gasteiger charge is 2.39. The van der Waals surface area contributed by atoms with Crippen LogP contribution in [0.1, 0.15) is 58.4 Å². The summed E-state index contributed by atoms with van der Waals surface area (Å²) in [7, 11) is -3.74. The standard InChI is InChI=1S/C22H31F2N5O4S/c1-21(31)9-3-4-17(21)29-18(30)6-5-15-14-25-20(27-19(15)29)26-16-7-11-28(12-8-16)34(32,33)13-10-22(2,23)24/h5-6,14,16-17,31H,3-4,7-13H2,1-2H3,(H,25,26,27)/t17-,21-/m1/s1. The van der Waals surface area contributed by atoms with Crippen molar-refractivity contribution in [2.75, 3.05) is 24.2 Å². The molecule has 1 aliphatic heterocycles. The molecule has 188 valence electrons. The number of hydrogen-bond donors (Lipinski definition) is 2. The molecule has 0 aromatic carbocycles. The van der Waals surface area contributed by atoms with Crippen LogP contribution in [0.5, 0.6) is 0 Å². The summed E-state index contributed by atoms with van der Waals surface area (Å²) in [5.41, 5.74) is -0.797. The quantitative estimate of drug-likeness (QED) is 0.601. The van der Waals surface area contributed by atoms with Gasteiger partial charge < -0.3 is 10.4 Å². The lowest BCUT2D eigenvalue weighted by atomic mass is 10.00. The van der Waals surface area contributed by atoms with Gasteiger partial charge in [0.25, 0.3) is 5.56 Å². The molecular formula is C22H31F2N5O4S. The monoisotopic (exact) mass is 499 g/mol. The van der Waals surface area contributed by atoms with Crippen molar-refractivity contribution in [1.29, 1.82) is 0 Å². The molecule has 0 spiro atoms. The van der Waals surface area contributed by atoms with Crippen LogP contribution in [0.4, 0.5) is 14.7 Å². The molecule has 2 aromatic heterocycles. The number of nitrogens with one attached hydrogen (secondary N) is 1. The first-order chi connectivity index (χ1) is 15.9. The van der Waals surface area contributed by atoms with Crippen LogP contribution in [0.25, 0.3) is 11.0 Å². The maximum atomic E-state index is 13.1. The smallest absolute Gasteiger partial charge is 0.252 e. The van der Waals surface area contributed by atoms with Crippen LogP contribution in [0.2, 0.25) is 0 Å². The molecule has 0 unspecified atom stereocenters. The van der Waals surface area contributed by atoms with Gasteiger partial charge in [0.2, 0.25) is 21.9 Å². The molecule has 1 aliphatic carbocycles. The lowest BCUT2D eigenvalue weighted by Crippen LogP contribution is -2.44. The summed E-state index contributed by atoms with van der Waals surface area (Å²) in [6.45, 7) is 2.90. The third-order valence-corrected chi connectivity index (χ3v) is 8.71. The molecule has 9 nitrogen and oxygen atoms in total. The predicted octanol–water partition coefficient (Wildman–Crippen LogP) is 2.52. The topological polar surface area (TPSA) is 117 Å². The Morgan fingerprint density at radius 3 is 2.59 bits per heavy atom. The number of sulfonamides is 1. The van der Waals surface area contributed by atoms with E-state index in [-0.39, 0.29) is 30.7 Å². The van der Waals surface area contributed by atoms with Crippen molar-refractivity contribution in [2.24, 2.45) is 0 Å². The molecule has 12 heteroatoms. The number of halogens is 2. The van der Waals surface area contributed by atoms with E-state index in [2.05, 4.69) is 15.3 Å². The van der Waals surface area contributed by atoms with Crippen LogP contribution in [0, 0.1) is 0 Å². The molecule has 1 saturated heterocycles.